The van der Waals surface area contributed by atoms with Gasteiger partial charge < -0.3 is 19.5 Å². The molecule has 0 spiro atoms. The highest BCUT2D eigenvalue weighted by Crippen LogP contribution is 2.20. The first-order chi connectivity index (χ1) is 10.0. The molecule has 0 aliphatic carbocycles. The summed E-state index contributed by atoms with van der Waals surface area (Å²) in [5.74, 6) is -0.0921. The number of fused-ring (bicyclic) bond motifs is 1. The number of nitrogens with one attached hydrogen (secondary N) is 2. The lowest BCUT2D eigenvalue weighted by Gasteiger charge is -2.32. The number of amides is 1. The van der Waals surface area contributed by atoms with Crippen LogP contribution in [-0.4, -0.2) is 29.1 Å². The molecule has 112 valence electrons. The van der Waals surface area contributed by atoms with Gasteiger partial charge in [0.2, 0.25) is 0 Å². The summed E-state index contributed by atoms with van der Waals surface area (Å²) >= 11 is 4.94. The summed E-state index contributed by atoms with van der Waals surface area (Å²) in [6, 6.07) is 5.43. The van der Waals surface area contributed by atoms with Gasteiger partial charge in [-0.25, -0.2) is 0 Å². The van der Waals surface area contributed by atoms with E-state index in [0.717, 1.165) is 18.4 Å². The van der Waals surface area contributed by atoms with Crippen molar-refractivity contribution < 1.29 is 13.9 Å². The molecule has 1 aromatic heterocycles. The van der Waals surface area contributed by atoms with E-state index in [0.29, 0.717) is 16.0 Å². The Balaban J connectivity index is 1.75. The number of hydrogen-bond acceptors (Lipinski definition) is 4. The predicted molar refractivity (Wildman–Crippen MR) is 81.9 cm³/mol. The smallest absolute Gasteiger partial charge is 0.266 e. The van der Waals surface area contributed by atoms with E-state index in [2.05, 4.69) is 10.3 Å². The molecule has 2 N–H and O–H groups in total. The van der Waals surface area contributed by atoms with Crippen LogP contribution in [0, 0.1) is 4.84 Å². The van der Waals surface area contributed by atoms with Gasteiger partial charge in [0.25, 0.3) is 10.7 Å². The Kier molecular flexibility index (Phi) is 3.82. The topological polar surface area (TPSA) is 67.3 Å². The SMILES string of the molecule is C[C@@H]1CC(NC(=O)c2ccc3[nH]c(=S)oc3c2)C[C@@H](C)O1. The molecule has 0 radical (unpaired) electrons. The van der Waals surface area contributed by atoms with E-state index >= 15 is 0 Å². The highest BCUT2D eigenvalue weighted by atomic mass is 32.1. The van der Waals surface area contributed by atoms with E-state index in [4.69, 9.17) is 21.4 Å². The van der Waals surface area contributed by atoms with Crippen LogP contribution in [-0.2, 0) is 4.74 Å². The molecule has 5 nitrogen and oxygen atoms in total. The van der Waals surface area contributed by atoms with Crippen LogP contribution in [0.3, 0.4) is 0 Å². The van der Waals surface area contributed by atoms with Crippen molar-refractivity contribution in [3.63, 3.8) is 0 Å². The van der Waals surface area contributed by atoms with E-state index < -0.39 is 0 Å². The molecule has 6 heteroatoms. The average molecular weight is 306 g/mol. The maximum Gasteiger partial charge on any atom is 0.266 e. The third-order valence-electron chi connectivity index (χ3n) is 3.72. The van der Waals surface area contributed by atoms with Gasteiger partial charge in [0.1, 0.15) is 0 Å². The van der Waals surface area contributed by atoms with Crippen molar-refractivity contribution in [2.24, 2.45) is 0 Å². The van der Waals surface area contributed by atoms with Crippen LogP contribution in [0.15, 0.2) is 22.6 Å². The number of benzene rings is 1. The van der Waals surface area contributed by atoms with Gasteiger partial charge in [0.15, 0.2) is 5.58 Å². The van der Waals surface area contributed by atoms with Crippen molar-refractivity contribution in [1.29, 1.82) is 0 Å². The second kappa shape index (κ2) is 5.61. The normalized spacial score (nSPS) is 25.9. The summed E-state index contributed by atoms with van der Waals surface area (Å²) in [7, 11) is 0. The zero-order chi connectivity index (χ0) is 15.0. The van der Waals surface area contributed by atoms with E-state index in [9.17, 15) is 4.79 Å². The first-order valence-electron chi connectivity index (χ1n) is 7.10. The standard InChI is InChI=1S/C15H18N2O3S/c1-8-5-11(6-9(2)19-8)16-14(18)10-3-4-12-13(7-10)20-15(21)17-12/h3-4,7-9,11H,5-6H2,1-2H3,(H,16,18)(H,17,21)/t8-,9-/m1/s1. The number of carbonyl (C=O) groups excluding carboxylic acids is 1. The van der Waals surface area contributed by atoms with Gasteiger partial charge in [-0.05, 0) is 57.1 Å². The van der Waals surface area contributed by atoms with Gasteiger partial charge in [-0.1, -0.05) is 0 Å². The lowest BCUT2D eigenvalue weighted by atomic mass is 9.99. The fourth-order valence-corrected chi connectivity index (χ4v) is 3.08. The maximum absolute atomic E-state index is 12.3. The van der Waals surface area contributed by atoms with E-state index in [1.165, 1.54) is 0 Å². The Morgan fingerprint density at radius 2 is 2.05 bits per heavy atom. The van der Waals surface area contributed by atoms with Crippen LogP contribution < -0.4 is 5.32 Å². The summed E-state index contributed by atoms with van der Waals surface area (Å²) in [6.45, 7) is 4.06. The summed E-state index contributed by atoms with van der Waals surface area (Å²) in [5.41, 5.74) is 1.97. The fraction of sp³-hybridized carbons (Fsp3) is 0.467. The van der Waals surface area contributed by atoms with E-state index in [1.807, 2.05) is 13.8 Å². The summed E-state index contributed by atoms with van der Waals surface area (Å²) in [6.07, 6.45) is 2.01. The zero-order valence-electron chi connectivity index (χ0n) is 12.0. The van der Waals surface area contributed by atoms with Crippen molar-refractivity contribution in [1.82, 2.24) is 10.3 Å². The Morgan fingerprint density at radius 1 is 1.33 bits per heavy atom. The number of oxazole rings is 1. The molecule has 2 heterocycles. The second-order valence-corrected chi connectivity index (χ2v) is 6.00. The molecule has 1 aromatic carbocycles. The largest absolute Gasteiger partial charge is 0.429 e. The van der Waals surface area contributed by atoms with Gasteiger partial charge in [-0.2, -0.15) is 0 Å². The highest BCUT2D eigenvalue weighted by molar-refractivity contribution is 7.71. The molecule has 0 bridgehead atoms. The molecule has 0 unspecified atom stereocenters. The molecule has 0 saturated carbocycles. The van der Waals surface area contributed by atoms with Crippen LogP contribution in [0.2, 0.25) is 0 Å². The molecule has 1 saturated heterocycles. The fourth-order valence-electron chi connectivity index (χ4n) is 2.88. The van der Waals surface area contributed by atoms with Crippen LogP contribution >= 0.6 is 12.2 Å². The maximum atomic E-state index is 12.3. The van der Waals surface area contributed by atoms with Crippen LogP contribution in [0.4, 0.5) is 0 Å². The molecular weight excluding hydrogens is 288 g/mol. The summed E-state index contributed by atoms with van der Waals surface area (Å²) < 4.78 is 11.0. The molecule has 1 aliphatic heterocycles. The first kappa shape index (κ1) is 14.3. The Morgan fingerprint density at radius 3 is 2.76 bits per heavy atom. The van der Waals surface area contributed by atoms with Gasteiger partial charge in [-0.15, -0.1) is 0 Å². The average Bonchev–Trinajstić information content (AvgIpc) is 2.76. The molecule has 1 amide bonds. The number of aromatic amines is 1. The Labute approximate surface area is 127 Å². The lowest BCUT2D eigenvalue weighted by molar-refractivity contribution is -0.0408. The van der Waals surface area contributed by atoms with Crippen molar-refractivity contribution in [3.8, 4) is 0 Å². The number of ether oxygens (including phenoxy) is 1. The minimum Gasteiger partial charge on any atom is -0.429 e. The predicted octanol–water partition coefficient (Wildman–Crippen LogP) is 3.18. The van der Waals surface area contributed by atoms with E-state index in [-0.39, 0.29) is 24.2 Å². The number of rotatable bonds is 2. The quantitative estimate of drug-likeness (QED) is 0.836. The number of aromatic nitrogens is 1. The van der Waals surface area contributed by atoms with E-state index in [1.54, 1.807) is 18.2 Å². The van der Waals surface area contributed by atoms with Gasteiger partial charge in [0, 0.05) is 11.6 Å². The minimum absolute atomic E-state index is 0.0921. The Hall–Kier alpha value is -1.66. The van der Waals surface area contributed by atoms with Gasteiger partial charge in [-0.3, -0.25) is 4.79 Å². The molecule has 2 aromatic rings. The Bertz CT molecular complexity index is 711. The minimum atomic E-state index is -0.0921. The third kappa shape index (κ3) is 3.16. The molecule has 1 aliphatic rings. The summed E-state index contributed by atoms with van der Waals surface area (Å²) in [4.78, 5) is 15.6. The van der Waals surface area contributed by atoms with Crippen LogP contribution in [0.25, 0.3) is 11.1 Å². The van der Waals surface area contributed by atoms with Crippen LogP contribution in [0.5, 0.6) is 0 Å². The number of carbonyl (C=O) groups is 1. The van der Waals surface area contributed by atoms with Crippen LogP contribution in [0.1, 0.15) is 37.0 Å². The second-order valence-electron chi connectivity index (χ2n) is 5.62. The van der Waals surface area contributed by atoms with Gasteiger partial charge in [0.05, 0.1) is 17.7 Å². The zero-order valence-corrected chi connectivity index (χ0v) is 12.8. The number of H-pyrrole nitrogens is 1. The molecule has 21 heavy (non-hydrogen) atoms. The van der Waals surface area contributed by atoms with Crippen molar-refractivity contribution in [3.05, 3.63) is 28.6 Å². The highest BCUT2D eigenvalue weighted by Gasteiger charge is 2.25. The first-order valence-corrected chi connectivity index (χ1v) is 7.51. The van der Waals surface area contributed by atoms with Gasteiger partial charge >= 0.3 is 0 Å². The third-order valence-corrected chi connectivity index (χ3v) is 3.90. The molecule has 2 atom stereocenters. The molecule has 3 rings (SSSR count). The lowest BCUT2D eigenvalue weighted by Crippen LogP contribution is -2.43. The van der Waals surface area contributed by atoms with Crippen molar-refractivity contribution in [2.45, 2.75) is 44.9 Å². The number of hydrogen-bond donors (Lipinski definition) is 2. The molecule has 1 fully saturated rings. The van der Waals surface area contributed by atoms with Crippen molar-refractivity contribution >= 4 is 29.2 Å². The van der Waals surface area contributed by atoms with Crippen molar-refractivity contribution in [2.75, 3.05) is 0 Å². The molecular formula is C15H18N2O3S. The monoisotopic (exact) mass is 306 g/mol. The summed E-state index contributed by atoms with van der Waals surface area (Å²) in [5, 5.41) is 3.07.